The minimum Gasteiger partial charge on any atom is -0.479 e. The highest BCUT2D eigenvalue weighted by Gasteiger charge is 2.43. The van der Waals surface area contributed by atoms with E-state index in [1.165, 1.54) is 21.9 Å². The SMILES string of the molecule is O=C(C1CC(=O)N(c2ccc(Cl)c(F)c2)C1)N1CCC(O)(C(=O)O)CC1. The van der Waals surface area contributed by atoms with Gasteiger partial charge in [0.15, 0.2) is 5.60 Å². The lowest BCUT2D eigenvalue weighted by molar-refractivity contribution is -0.165. The second-order valence-corrected chi connectivity index (χ2v) is 7.07. The molecule has 2 N–H and O–H groups in total. The van der Waals surface area contributed by atoms with Crippen LogP contribution in [0.3, 0.4) is 0 Å². The van der Waals surface area contributed by atoms with E-state index in [2.05, 4.69) is 0 Å². The summed E-state index contributed by atoms with van der Waals surface area (Å²) in [7, 11) is 0. The van der Waals surface area contributed by atoms with Gasteiger partial charge >= 0.3 is 5.97 Å². The number of carbonyl (C=O) groups is 3. The zero-order valence-electron chi connectivity index (χ0n) is 13.8. The molecule has 2 aliphatic rings. The molecule has 9 heteroatoms. The largest absolute Gasteiger partial charge is 0.479 e. The van der Waals surface area contributed by atoms with E-state index in [-0.39, 0.29) is 55.7 Å². The van der Waals surface area contributed by atoms with E-state index in [0.717, 1.165) is 6.07 Å². The summed E-state index contributed by atoms with van der Waals surface area (Å²) in [5, 5.41) is 18.9. The summed E-state index contributed by atoms with van der Waals surface area (Å²) in [6, 6.07) is 4.02. The summed E-state index contributed by atoms with van der Waals surface area (Å²) in [6.07, 6.45) is -0.107. The summed E-state index contributed by atoms with van der Waals surface area (Å²) in [6.45, 7) is 0.349. The van der Waals surface area contributed by atoms with Gasteiger partial charge in [-0.15, -0.1) is 0 Å². The molecule has 0 spiro atoms. The second-order valence-electron chi connectivity index (χ2n) is 6.67. The average Bonchev–Trinajstić information content (AvgIpc) is 2.99. The molecule has 2 saturated heterocycles. The van der Waals surface area contributed by atoms with E-state index >= 15 is 0 Å². The number of piperidine rings is 1. The highest BCUT2D eigenvalue weighted by Crippen LogP contribution is 2.30. The van der Waals surface area contributed by atoms with Gasteiger partial charge in [0.1, 0.15) is 5.82 Å². The van der Waals surface area contributed by atoms with Crippen LogP contribution in [0, 0.1) is 11.7 Å². The molecule has 7 nitrogen and oxygen atoms in total. The van der Waals surface area contributed by atoms with E-state index in [0.29, 0.717) is 5.69 Å². The number of hydrogen-bond donors (Lipinski definition) is 2. The zero-order valence-corrected chi connectivity index (χ0v) is 14.6. The molecule has 26 heavy (non-hydrogen) atoms. The fraction of sp³-hybridized carbons (Fsp3) is 0.471. The van der Waals surface area contributed by atoms with Crippen molar-refractivity contribution in [3.8, 4) is 0 Å². The first-order chi connectivity index (χ1) is 12.2. The smallest absolute Gasteiger partial charge is 0.335 e. The number of benzene rings is 1. The van der Waals surface area contributed by atoms with E-state index < -0.39 is 23.3 Å². The number of carbonyl (C=O) groups excluding carboxylic acids is 2. The number of likely N-dealkylation sites (tertiary alicyclic amines) is 1. The van der Waals surface area contributed by atoms with Gasteiger partial charge in [-0.25, -0.2) is 9.18 Å². The molecule has 1 atom stereocenters. The van der Waals surface area contributed by atoms with Crippen molar-refractivity contribution in [3.63, 3.8) is 0 Å². The second kappa shape index (κ2) is 6.85. The van der Waals surface area contributed by atoms with Crippen LogP contribution in [-0.2, 0) is 14.4 Å². The van der Waals surface area contributed by atoms with Gasteiger partial charge < -0.3 is 20.0 Å². The van der Waals surface area contributed by atoms with Crippen LogP contribution >= 0.6 is 11.6 Å². The van der Waals surface area contributed by atoms with Gasteiger partial charge in [0.05, 0.1) is 10.9 Å². The summed E-state index contributed by atoms with van der Waals surface area (Å²) >= 11 is 5.65. The first kappa shape index (κ1) is 18.6. The standard InChI is InChI=1S/C17H18ClFN2O5/c18-12-2-1-11(8-13(12)19)21-9-10(7-14(21)22)15(23)20-5-3-17(26,4-6-20)16(24)25/h1-2,8,10,26H,3-7,9H2,(H,24,25). The number of carboxylic acid groups (broad SMARTS) is 1. The minimum atomic E-state index is -1.81. The number of rotatable bonds is 3. The number of aliphatic hydroxyl groups is 1. The van der Waals surface area contributed by atoms with Crippen molar-refractivity contribution < 1.29 is 29.0 Å². The molecule has 1 unspecified atom stereocenters. The number of nitrogens with zero attached hydrogens (tertiary/aromatic N) is 2. The molecule has 1 aromatic rings. The van der Waals surface area contributed by atoms with Crippen LogP contribution in [0.2, 0.25) is 5.02 Å². The van der Waals surface area contributed by atoms with Crippen molar-refractivity contribution in [2.45, 2.75) is 24.9 Å². The highest BCUT2D eigenvalue weighted by atomic mass is 35.5. The normalized spacial score (nSPS) is 22.6. The quantitative estimate of drug-likeness (QED) is 0.817. The molecule has 2 amide bonds. The van der Waals surface area contributed by atoms with Crippen LogP contribution in [0.1, 0.15) is 19.3 Å². The van der Waals surface area contributed by atoms with E-state index in [9.17, 15) is 23.9 Å². The van der Waals surface area contributed by atoms with Crippen molar-refractivity contribution in [2.24, 2.45) is 5.92 Å². The molecule has 2 heterocycles. The van der Waals surface area contributed by atoms with Gasteiger partial charge in [-0.2, -0.15) is 0 Å². The topological polar surface area (TPSA) is 98.2 Å². The first-order valence-corrected chi connectivity index (χ1v) is 8.59. The van der Waals surface area contributed by atoms with Gasteiger partial charge in [-0.05, 0) is 18.2 Å². The summed E-state index contributed by atoms with van der Waals surface area (Å²) in [5.41, 5.74) is -1.47. The number of hydrogen-bond acceptors (Lipinski definition) is 4. The number of carboxylic acids is 1. The fourth-order valence-electron chi connectivity index (χ4n) is 3.34. The first-order valence-electron chi connectivity index (χ1n) is 8.21. The van der Waals surface area contributed by atoms with Gasteiger partial charge in [0.2, 0.25) is 11.8 Å². The van der Waals surface area contributed by atoms with Crippen LogP contribution in [0.4, 0.5) is 10.1 Å². The van der Waals surface area contributed by atoms with Crippen LogP contribution < -0.4 is 4.90 Å². The summed E-state index contributed by atoms with van der Waals surface area (Å²) < 4.78 is 13.6. The number of aliphatic carboxylic acids is 1. The molecule has 0 radical (unpaired) electrons. The predicted molar refractivity (Wildman–Crippen MR) is 90.3 cm³/mol. The Bertz CT molecular complexity index is 764. The van der Waals surface area contributed by atoms with Crippen LogP contribution in [-0.4, -0.2) is 58.1 Å². The van der Waals surface area contributed by atoms with Crippen LogP contribution in [0.15, 0.2) is 18.2 Å². The van der Waals surface area contributed by atoms with E-state index in [4.69, 9.17) is 16.7 Å². The van der Waals surface area contributed by atoms with Gasteiger partial charge in [-0.1, -0.05) is 11.6 Å². The molecule has 0 bridgehead atoms. The summed E-state index contributed by atoms with van der Waals surface area (Å²) in [5.74, 6) is -3.07. The van der Waals surface area contributed by atoms with E-state index in [1.54, 1.807) is 0 Å². The predicted octanol–water partition coefficient (Wildman–Crippen LogP) is 1.27. The molecule has 2 fully saturated rings. The van der Waals surface area contributed by atoms with Crippen molar-refractivity contribution in [2.75, 3.05) is 24.5 Å². The van der Waals surface area contributed by atoms with Crippen molar-refractivity contribution in [3.05, 3.63) is 29.0 Å². The van der Waals surface area contributed by atoms with Crippen molar-refractivity contribution in [1.82, 2.24) is 4.90 Å². The Kier molecular flexibility index (Phi) is 4.90. The highest BCUT2D eigenvalue weighted by molar-refractivity contribution is 6.30. The number of amides is 2. The third-order valence-electron chi connectivity index (χ3n) is 4.99. The molecule has 0 aromatic heterocycles. The van der Waals surface area contributed by atoms with Crippen LogP contribution in [0.25, 0.3) is 0 Å². The maximum Gasteiger partial charge on any atom is 0.335 e. The average molecular weight is 385 g/mol. The lowest BCUT2D eigenvalue weighted by Gasteiger charge is -2.36. The number of halogens is 2. The molecule has 3 rings (SSSR count). The zero-order chi connectivity index (χ0) is 19.1. The maximum atomic E-state index is 13.6. The third-order valence-corrected chi connectivity index (χ3v) is 5.30. The van der Waals surface area contributed by atoms with Gasteiger partial charge in [0, 0.05) is 44.6 Å². The Morgan fingerprint density at radius 2 is 1.92 bits per heavy atom. The molecular formula is C17H18ClFN2O5. The number of anilines is 1. The third kappa shape index (κ3) is 3.39. The Morgan fingerprint density at radius 3 is 2.50 bits per heavy atom. The van der Waals surface area contributed by atoms with Gasteiger partial charge in [-0.3, -0.25) is 9.59 Å². The molecule has 140 valence electrons. The Labute approximate surface area is 153 Å². The molecule has 1 aromatic carbocycles. The fourth-order valence-corrected chi connectivity index (χ4v) is 3.46. The Hall–Kier alpha value is -2.19. The van der Waals surface area contributed by atoms with E-state index in [1.807, 2.05) is 0 Å². The molecular weight excluding hydrogens is 367 g/mol. The van der Waals surface area contributed by atoms with Crippen LogP contribution in [0.5, 0.6) is 0 Å². The Morgan fingerprint density at radius 1 is 1.27 bits per heavy atom. The minimum absolute atomic E-state index is 0.00276. The van der Waals surface area contributed by atoms with Crippen molar-refractivity contribution in [1.29, 1.82) is 0 Å². The maximum absolute atomic E-state index is 13.6. The lowest BCUT2D eigenvalue weighted by Crippen LogP contribution is -2.52. The molecule has 0 saturated carbocycles. The molecule has 0 aliphatic carbocycles. The summed E-state index contributed by atoms with van der Waals surface area (Å²) in [4.78, 5) is 38.8. The Balaban J connectivity index is 1.66. The monoisotopic (exact) mass is 384 g/mol. The lowest BCUT2D eigenvalue weighted by atomic mass is 9.91. The van der Waals surface area contributed by atoms with Crippen molar-refractivity contribution >= 4 is 35.1 Å². The molecule has 2 aliphatic heterocycles. The van der Waals surface area contributed by atoms with Gasteiger partial charge in [0.25, 0.3) is 0 Å².